The van der Waals surface area contributed by atoms with Crippen molar-refractivity contribution >= 4 is 16.3 Å². The second-order valence-corrected chi connectivity index (χ2v) is 4.95. The zero-order chi connectivity index (χ0) is 11.5. The Morgan fingerprint density at radius 3 is 2.88 bits per heavy atom. The highest BCUT2D eigenvalue weighted by Crippen LogP contribution is 2.16. The number of nitrogens with zero attached hydrogens (tertiary/aromatic N) is 4. The highest BCUT2D eigenvalue weighted by molar-refractivity contribution is 7.16. The van der Waals surface area contributed by atoms with Crippen LogP contribution in [0.25, 0.3) is 4.96 Å². The van der Waals surface area contributed by atoms with Crippen LogP contribution in [-0.4, -0.2) is 25.9 Å². The number of hydrogen-bond donors (Lipinski definition) is 1. The fraction of sp³-hybridized carbons (Fsp3) is 0.700. The van der Waals surface area contributed by atoms with Crippen molar-refractivity contribution in [3.8, 4) is 0 Å². The molecule has 2 aromatic rings. The van der Waals surface area contributed by atoms with Crippen molar-refractivity contribution < 1.29 is 0 Å². The van der Waals surface area contributed by atoms with Crippen LogP contribution in [0.2, 0.25) is 0 Å². The Morgan fingerprint density at radius 1 is 1.38 bits per heavy atom. The highest BCUT2D eigenvalue weighted by Gasteiger charge is 2.12. The van der Waals surface area contributed by atoms with Crippen molar-refractivity contribution in [2.75, 3.05) is 0 Å². The molecule has 2 N–H and O–H groups in total. The Balaban J connectivity index is 2.16. The molecule has 0 radical (unpaired) electrons. The lowest BCUT2D eigenvalue weighted by Gasteiger charge is -2.06. The summed E-state index contributed by atoms with van der Waals surface area (Å²) < 4.78 is 1.83. The second-order valence-electron chi connectivity index (χ2n) is 3.91. The molecular weight excluding hydrogens is 222 g/mol. The van der Waals surface area contributed by atoms with E-state index in [-0.39, 0.29) is 6.04 Å². The van der Waals surface area contributed by atoms with Crippen molar-refractivity contribution in [2.45, 2.75) is 45.6 Å². The molecule has 0 spiro atoms. The normalized spacial score (nSPS) is 13.4. The maximum absolute atomic E-state index is 6.00. The SMILES string of the molecule is CCCC(N)Cc1nn2c(CC)nnc2s1. The summed E-state index contributed by atoms with van der Waals surface area (Å²) in [5, 5.41) is 13.7. The van der Waals surface area contributed by atoms with Gasteiger partial charge in [0.05, 0.1) is 0 Å². The van der Waals surface area contributed by atoms with Crippen LogP contribution in [0, 0.1) is 0 Å². The van der Waals surface area contributed by atoms with E-state index in [1.54, 1.807) is 11.3 Å². The van der Waals surface area contributed by atoms with E-state index in [1.165, 1.54) is 0 Å². The van der Waals surface area contributed by atoms with Gasteiger partial charge in [0.25, 0.3) is 0 Å². The van der Waals surface area contributed by atoms with Crippen molar-refractivity contribution in [1.29, 1.82) is 0 Å². The molecule has 1 unspecified atom stereocenters. The molecule has 0 amide bonds. The fourth-order valence-corrected chi connectivity index (χ4v) is 2.64. The standard InChI is InChI=1S/C10H17N5S/c1-3-5-7(11)6-9-14-15-8(4-2)12-13-10(15)16-9/h7H,3-6,11H2,1-2H3. The van der Waals surface area contributed by atoms with Gasteiger partial charge in [-0.2, -0.15) is 9.61 Å². The maximum atomic E-state index is 6.00. The summed E-state index contributed by atoms with van der Waals surface area (Å²) in [7, 11) is 0. The second kappa shape index (κ2) is 4.88. The Kier molecular flexibility index (Phi) is 3.50. The van der Waals surface area contributed by atoms with Crippen molar-refractivity contribution in [1.82, 2.24) is 19.8 Å². The quantitative estimate of drug-likeness (QED) is 0.856. The summed E-state index contributed by atoms with van der Waals surface area (Å²) in [5.41, 5.74) is 6.00. The molecule has 2 rings (SSSR count). The maximum Gasteiger partial charge on any atom is 0.234 e. The lowest BCUT2D eigenvalue weighted by molar-refractivity contribution is 0.594. The summed E-state index contributed by atoms with van der Waals surface area (Å²) in [6, 6.07) is 0.207. The van der Waals surface area contributed by atoms with E-state index < -0.39 is 0 Å². The van der Waals surface area contributed by atoms with E-state index >= 15 is 0 Å². The molecule has 0 aromatic carbocycles. The van der Waals surface area contributed by atoms with Crippen molar-refractivity contribution in [2.24, 2.45) is 5.73 Å². The van der Waals surface area contributed by atoms with Crippen LogP contribution in [0.4, 0.5) is 0 Å². The minimum absolute atomic E-state index is 0.207. The molecule has 6 heteroatoms. The minimum atomic E-state index is 0.207. The van der Waals surface area contributed by atoms with Crippen LogP contribution in [0.5, 0.6) is 0 Å². The molecule has 2 heterocycles. The molecular formula is C10H17N5S. The average Bonchev–Trinajstić information content (AvgIpc) is 2.77. The summed E-state index contributed by atoms with van der Waals surface area (Å²) in [5.74, 6) is 0.918. The molecule has 2 aromatic heterocycles. The number of nitrogens with two attached hydrogens (primary N) is 1. The summed E-state index contributed by atoms with van der Waals surface area (Å²) in [4.78, 5) is 0.871. The van der Waals surface area contributed by atoms with Crippen LogP contribution in [0.3, 0.4) is 0 Å². The molecule has 0 saturated carbocycles. The average molecular weight is 239 g/mol. The number of hydrogen-bond acceptors (Lipinski definition) is 5. The molecule has 0 aliphatic rings. The lowest BCUT2D eigenvalue weighted by Crippen LogP contribution is -2.22. The van der Waals surface area contributed by atoms with Gasteiger partial charge in [0.2, 0.25) is 4.96 Å². The topological polar surface area (TPSA) is 69.1 Å². The smallest absolute Gasteiger partial charge is 0.234 e. The minimum Gasteiger partial charge on any atom is -0.327 e. The first-order chi connectivity index (χ1) is 7.74. The Hall–Kier alpha value is -1.01. The molecule has 0 fully saturated rings. The van der Waals surface area contributed by atoms with E-state index in [0.29, 0.717) is 0 Å². The van der Waals surface area contributed by atoms with Crippen LogP contribution < -0.4 is 5.73 Å². The Morgan fingerprint density at radius 2 is 2.19 bits per heavy atom. The van der Waals surface area contributed by atoms with Crippen LogP contribution in [-0.2, 0) is 12.8 Å². The Labute approximate surface area is 98.7 Å². The van der Waals surface area contributed by atoms with Crippen molar-refractivity contribution in [3.05, 3.63) is 10.8 Å². The predicted octanol–water partition coefficient (Wildman–Crippen LogP) is 1.42. The van der Waals surface area contributed by atoms with Crippen LogP contribution in [0.1, 0.15) is 37.5 Å². The van der Waals surface area contributed by atoms with E-state index in [9.17, 15) is 0 Å². The zero-order valence-corrected chi connectivity index (χ0v) is 10.5. The predicted molar refractivity (Wildman–Crippen MR) is 64.6 cm³/mol. The largest absolute Gasteiger partial charge is 0.327 e. The third-order valence-electron chi connectivity index (χ3n) is 2.51. The van der Waals surface area contributed by atoms with Gasteiger partial charge >= 0.3 is 0 Å². The van der Waals surface area contributed by atoms with Gasteiger partial charge in [-0.25, -0.2) is 0 Å². The summed E-state index contributed by atoms with van der Waals surface area (Å²) in [6.07, 6.45) is 3.85. The van der Waals surface area contributed by atoms with Gasteiger partial charge in [-0.3, -0.25) is 0 Å². The summed E-state index contributed by atoms with van der Waals surface area (Å²) >= 11 is 1.59. The van der Waals surface area contributed by atoms with Gasteiger partial charge in [-0.05, 0) is 6.42 Å². The van der Waals surface area contributed by atoms with Crippen LogP contribution >= 0.6 is 11.3 Å². The molecule has 5 nitrogen and oxygen atoms in total. The van der Waals surface area contributed by atoms with Gasteiger partial charge in [-0.15, -0.1) is 10.2 Å². The molecule has 16 heavy (non-hydrogen) atoms. The van der Waals surface area contributed by atoms with E-state index in [4.69, 9.17) is 5.73 Å². The highest BCUT2D eigenvalue weighted by atomic mass is 32.1. The zero-order valence-electron chi connectivity index (χ0n) is 9.68. The monoisotopic (exact) mass is 239 g/mol. The fourth-order valence-electron chi connectivity index (χ4n) is 1.70. The van der Waals surface area contributed by atoms with Crippen LogP contribution in [0.15, 0.2) is 0 Å². The summed E-state index contributed by atoms with van der Waals surface area (Å²) in [6.45, 7) is 4.20. The first-order valence-corrected chi connectivity index (χ1v) is 6.51. The van der Waals surface area contributed by atoms with Crippen molar-refractivity contribution in [3.63, 3.8) is 0 Å². The molecule has 0 saturated heterocycles. The first kappa shape index (κ1) is 11.5. The van der Waals surface area contributed by atoms with E-state index in [0.717, 1.165) is 41.5 Å². The third-order valence-corrected chi connectivity index (χ3v) is 3.43. The van der Waals surface area contributed by atoms with Gasteiger partial charge in [0.1, 0.15) is 5.01 Å². The number of fused-ring (bicyclic) bond motifs is 1. The van der Waals surface area contributed by atoms with Gasteiger partial charge in [-0.1, -0.05) is 31.6 Å². The third kappa shape index (κ3) is 2.22. The van der Waals surface area contributed by atoms with Gasteiger partial charge in [0.15, 0.2) is 5.82 Å². The number of aromatic nitrogens is 4. The number of rotatable bonds is 5. The lowest BCUT2D eigenvalue weighted by atomic mass is 10.1. The number of aryl methyl sites for hydroxylation is 1. The Bertz CT molecular complexity index is 461. The molecule has 1 atom stereocenters. The molecule has 0 aliphatic carbocycles. The van der Waals surface area contributed by atoms with E-state index in [1.807, 2.05) is 4.52 Å². The van der Waals surface area contributed by atoms with Gasteiger partial charge < -0.3 is 5.73 Å². The molecule has 0 bridgehead atoms. The van der Waals surface area contributed by atoms with Gasteiger partial charge in [0, 0.05) is 18.9 Å². The molecule has 0 aliphatic heterocycles. The first-order valence-electron chi connectivity index (χ1n) is 5.70. The van der Waals surface area contributed by atoms with E-state index in [2.05, 4.69) is 29.1 Å². The molecule has 88 valence electrons.